The van der Waals surface area contributed by atoms with Gasteiger partial charge >= 0.3 is 0 Å². The Morgan fingerprint density at radius 2 is 2.20 bits per heavy atom. The summed E-state index contributed by atoms with van der Waals surface area (Å²) in [4.78, 5) is 17.6. The normalized spacial score (nSPS) is 22.2. The van der Waals surface area contributed by atoms with Crippen LogP contribution in [-0.2, 0) is 4.74 Å². The summed E-state index contributed by atoms with van der Waals surface area (Å²) >= 11 is 0. The van der Waals surface area contributed by atoms with Gasteiger partial charge in [0.05, 0.1) is 24.8 Å². The van der Waals surface area contributed by atoms with Gasteiger partial charge in [-0.25, -0.2) is 4.98 Å². The molecule has 2 N–H and O–H groups in total. The van der Waals surface area contributed by atoms with Crippen LogP contribution in [0.4, 0.5) is 5.82 Å². The molecule has 0 bridgehead atoms. The molecular weight excluding hydrogens is 254 g/mol. The molecule has 0 saturated carbocycles. The maximum atomic E-state index is 12.0. The number of rotatable bonds is 4. The van der Waals surface area contributed by atoms with Crippen LogP contribution in [0.3, 0.4) is 0 Å². The number of hydrogen-bond donors (Lipinski definition) is 1. The Balaban J connectivity index is 1.54. The van der Waals surface area contributed by atoms with E-state index in [4.69, 9.17) is 4.74 Å². The van der Waals surface area contributed by atoms with Crippen LogP contribution in [0.2, 0.25) is 0 Å². The number of ether oxygens (including phenoxy) is 1. The van der Waals surface area contributed by atoms with Crippen LogP contribution in [0, 0.1) is 0 Å². The Morgan fingerprint density at radius 1 is 1.35 bits per heavy atom. The quantitative estimate of drug-likeness (QED) is 0.893. The van der Waals surface area contributed by atoms with E-state index < -0.39 is 0 Å². The molecule has 5 heteroatoms. The fraction of sp³-hybridized carbons (Fsp3) is 0.600. The highest BCUT2D eigenvalue weighted by atomic mass is 16.5. The zero-order valence-electron chi connectivity index (χ0n) is 11.7. The van der Waals surface area contributed by atoms with Gasteiger partial charge in [-0.15, -0.1) is 0 Å². The monoisotopic (exact) mass is 276 g/mol. The molecule has 2 fully saturated rings. The Labute approximate surface area is 119 Å². The molecule has 5 nitrogen and oxygen atoms in total. The van der Waals surface area contributed by atoms with E-state index in [1.807, 2.05) is 12.1 Å². The second-order valence-corrected chi connectivity index (χ2v) is 5.50. The van der Waals surface area contributed by atoms with E-state index in [-0.39, 0.29) is 12.0 Å². The predicted octanol–water partition coefficient (Wildman–Crippen LogP) is 1.01. The van der Waals surface area contributed by atoms with Gasteiger partial charge in [0.2, 0.25) is 0 Å². The summed E-state index contributed by atoms with van der Waals surface area (Å²) in [5, 5.41) is 2.93. The number of carbonyl (C=O) groups is 1. The number of aromatic amines is 1. The first-order valence-corrected chi connectivity index (χ1v) is 7.49. The van der Waals surface area contributed by atoms with E-state index in [1.165, 1.54) is 12.8 Å². The lowest BCUT2D eigenvalue weighted by Crippen LogP contribution is -2.33. The minimum atomic E-state index is -0.0373. The van der Waals surface area contributed by atoms with Crippen LogP contribution in [-0.4, -0.2) is 38.3 Å². The molecule has 2 aliphatic heterocycles. The lowest BCUT2D eigenvalue weighted by molar-refractivity contribution is -0.364. The summed E-state index contributed by atoms with van der Waals surface area (Å²) in [6.45, 7) is 3.62. The topological polar surface area (TPSA) is 55.7 Å². The van der Waals surface area contributed by atoms with Gasteiger partial charge in [0.15, 0.2) is 0 Å². The van der Waals surface area contributed by atoms with Gasteiger partial charge < -0.3 is 10.1 Å². The molecule has 1 amide bonds. The third-order valence-electron chi connectivity index (χ3n) is 4.02. The number of nitrogens with one attached hydrogen (secondary N) is 2. The van der Waals surface area contributed by atoms with Crippen LogP contribution in [0.25, 0.3) is 0 Å². The molecule has 2 aliphatic rings. The molecule has 0 unspecified atom stereocenters. The molecule has 20 heavy (non-hydrogen) atoms. The van der Waals surface area contributed by atoms with Crippen molar-refractivity contribution in [2.45, 2.75) is 31.8 Å². The van der Waals surface area contributed by atoms with Gasteiger partial charge in [-0.05, 0) is 31.7 Å². The van der Waals surface area contributed by atoms with Gasteiger partial charge in [0.1, 0.15) is 6.20 Å². The van der Waals surface area contributed by atoms with Crippen LogP contribution in [0.1, 0.15) is 36.0 Å². The number of H-pyrrole nitrogens is 1. The molecule has 1 aromatic heterocycles. The van der Waals surface area contributed by atoms with E-state index in [1.54, 1.807) is 6.20 Å². The summed E-state index contributed by atoms with van der Waals surface area (Å²) in [7, 11) is 0. The largest absolute Gasteiger partial charge is 0.376 e. The molecule has 0 radical (unpaired) electrons. The van der Waals surface area contributed by atoms with Crippen LogP contribution < -0.4 is 15.2 Å². The number of pyridine rings is 1. The van der Waals surface area contributed by atoms with Crippen LogP contribution in [0.5, 0.6) is 0 Å². The van der Waals surface area contributed by atoms with E-state index in [9.17, 15) is 4.79 Å². The summed E-state index contributed by atoms with van der Waals surface area (Å²) in [6.07, 6.45) is 6.61. The smallest absolute Gasteiger partial charge is 0.274 e. The number of aromatic nitrogens is 1. The molecule has 0 aliphatic carbocycles. The van der Waals surface area contributed by atoms with Gasteiger partial charge in [-0.1, -0.05) is 0 Å². The van der Waals surface area contributed by atoms with Crippen molar-refractivity contribution in [2.75, 3.05) is 31.1 Å². The van der Waals surface area contributed by atoms with Crippen molar-refractivity contribution >= 4 is 11.7 Å². The lowest BCUT2D eigenvalue weighted by atomic mass is 10.2. The molecule has 3 heterocycles. The van der Waals surface area contributed by atoms with E-state index >= 15 is 0 Å². The van der Waals surface area contributed by atoms with Crippen LogP contribution in [0.15, 0.2) is 18.3 Å². The summed E-state index contributed by atoms with van der Waals surface area (Å²) < 4.78 is 5.50. The molecule has 3 rings (SSSR count). The van der Waals surface area contributed by atoms with Crippen molar-refractivity contribution in [3.8, 4) is 0 Å². The Hall–Kier alpha value is -1.62. The van der Waals surface area contributed by atoms with Crippen molar-refractivity contribution in [3.63, 3.8) is 0 Å². The lowest BCUT2D eigenvalue weighted by Gasteiger charge is -2.11. The Morgan fingerprint density at radius 3 is 2.85 bits per heavy atom. The average molecular weight is 276 g/mol. The zero-order chi connectivity index (χ0) is 13.8. The standard InChI is InChI=1S/C15H21N3O2/c19-15(17-11-13-4-3-9-20-13)12-5-6-14(16-10-12)18-7-1-2-8-18/h5-6,10,13H,1-4,7-9,11H2,(H,17,19)/p+1/t13-/m1/s1. The van der Waals surface area contributed by atoms with E-state index in [2.05, 4.69) is 15.2 Å². The molecule has 0 aromatic carbocycles. The fourth-order valence-electron chi connectivity index (χ4n) is 2.83. The van der Waals surface area contributed by atoms with Gasteiger partial charge in [-0.2, -0.15) is 0 Å². The predicted molar refractivity (Wildman–Crippen MR) is 75.8 cm³/mol. The minimum Gasteiger partial charge on any atom is -0.376 e. The fourth-order valence-corrected chi connectivity index (χ4v) is 2.83. The SMILES string of the molecule is O=C(NC[C@H]1CCCO1)c1ccc(N2CCCC2)[nH+]c1. The maximum Gasteiger partial charge on any atom is 0.274 e. The number of anilines is 1. The highest BCUT2D eigenvalue weighted by molar-refractivity contribution is 5.93. The first-order chi connectivity index (χ1) is 9.83. The second-order valence-electron chi connectivity index (χ2n) is 5.50. The summed E-state index contributed by atoms with van der Waals surface area (Å²) in [5.41, 5.74) is 0.672. The minimum absolute atomic E-state index is 0.0373. The van der Waals surface area contributed by atoms with Crippen molar-refractivity contribution < 1.29 is 14.5 Å². The Kier molecular flexibility index (Phi) is 4.16. The molecule has 0 spiro atoms. The zero-order valence-corrected chi connectivity index (χ0v) is 11.7. The van der Waals surface area contributed by atoms with Gasteiger partial charge in [0, 0.05) is 19.2 Å². The van der Waals surface area contributed by atoms with E-state index in [0.717, 1.165) is 38.4 Å². The van der Waals surface area contributed by atoms with Crippen molar-refractivity contribution in [1.29, 1.82) is 0 Å². The van der Waals surface area contributed by atoms with Gasteiger partial charge in [0.25, 0.3) is 11.7 Å². The summed E-state index contributed by atoms with van der Waals surface area (Å²) in [6, 6.07) is 3.88. The molecular formula is C15H22N3O2+. The molecule has 2 saturated heterocycles. The first-order valence-electron chi connectivity index (χ1n) is 7.49. The van der Waals surface area contributed by atoms with Gasteiger partial charge in [-0.3, -0.25) is 9.69 Å². The molecule has 108 valence electrons. The molecule has 1 aromatic rings. The third-order valence-corrected chi connectivity index (χ3v) is 4.02. The second kappa shape index (κ2) is 6.22. The first kappa shape index (κ1) is 13.4. The van der Waals surface area contributed by atoms with E-state index in [0.29, 0.717) is 12.1 Å². The van der Waals surface area contributed by atoms with Crippen molar-refractivity contribution in [3.05, 3.63) is 23.9 Å². The number of nitrogens with zero attached hydrogens (tertiary/aromatic N) is 1. The van der Waals surface area contributed by atoms with Crippen molar-refractivity contribution in [2.24, 2.45) is 0 Å². The highest BCUT2D eigenvalue weighted by Gasteiger charge is 2.21. The third kappa shape index (κ3) is 3.10. The Bertz CT molecular complexity index is 449. The highest BCUT2D eigenvalue weighted by Crippen LogP contribution is 2.15. The number of carbonyl (C=O) groups excluding carboxylic acids is 1. The van der Waals surface area contributed by atoms with Crippen molar-refractivity contribution in [1.82, 2.24) is 5.32 Å². The average Bonchev–Trinajstić information content (AvgIpc) is 3.18. The number of hydrogen-bond acceptors (Lipinski definition) is 3. The summed E-state index contributed by atoms with van der Waals surface area (Å²) in [5.74, 6) is 1.06. The number of amides is 1. The molecule has 1 atom stereocenters. The van der Waals surface area contributed by atoms with Crippen LogP contribution >= 0.6 is 0 Å². The maximum absolute atomic E-state index is 12.0.